The van der Waals surface area contributed by atoms with Crippen LogP contribution >= 0.6 is 0 Å². The lowest BCUT2D eigenvalue weighted by atomic mass is 10.0. The van der Waals surface area contributed by atoms with Crippen LogP contribution in [0.25, 0.3) is 6.08 Å². The molecule has 118 valence electrons. The number of halogens is 1. The van der Waals surface area contributed by atoms with Gasteiger partial charge in [0.1, 0.15) is 11.9 Å². The fourth-order valence-electron chi connectivity index (χ4n) is 2.60. The lowest BCUT2D eigenvalue weighted by Crippen LogP contribution is -2.48. The monoisotopic (exact) mass is 305 g/mol. The average Bonchev–Trinajstić information content (AvgIpc) is 2.56. The van der Waals surface area contributed by atoms with Gasteiger partial charge in [-0.3, -0.25) is 4.79 Å². The molecule has 1 saturated heterocycles. The van der Waals surface area contributed by atoms with Crippen molar-refractivity contribution in [1.29, 1.82) is 0 Å². The Balaban J connectivity index is 1.95. The summed E-state index contributed by atoms with van der Waals surface area (Å²) in [6.07, 6.45) is 6.20. The van der Waals surface area contributed by atoms with Crippen LogP contribution < -0.4 is 0 Å². The largest absolute Gasteiger partial charge is 0.467 e. The number of ether oxygens (including phenoxy) is 1. The first kappa shape index (κ1) is 16.2. The standard InChI is InChI=1S/C17H20FNO3/c1-22-17(21)15-6-2-3-12-19(15)16(20)7-4-5-13-8-10-14(18)11-9-13/h4-5,8-11,15H,2-3,6-7,12H2,1H3. The quantitative estimate of drug-likeness (QED) is 0.804. The molecule has 1 heterocycles. The molecule has 1 aromatic rings. The molecular formula is C17H20FNO3. The van der Waals surface area contributed by atoms with E-state index in [-0.39, 0.29) is 24.1 Å². The van der Waals surface area contributed by atoms with Crippen LogP contribution in [0.5, 0.6) is 0 Å². The van der Waals surface area contributed by atoms with Gasteiger partial charge in [-0.1, -0.05) is 24.3 Å². The second-order valence-electron chi connectivity index (χ2n) is 5.28. The van der Waals surface area contributed by atoms with Crippen molar-refractivity contribution < 1.29 is 18.7 Å². The number of carbonyl (C=O) groups is 2. The first-order chi connectivity index (χ1) is 10.6. The van der Waals surface area contributed by atoms with Crippen molar-refractivity contribution in [3.8, 4) is 0 Å². The molecule has 0 aromatic heterocycles. The van der Waals surface area contributed by atoms with Crippen LogP contribution in [0.2, 0.25) is 0 Å². The number of carbonyl (C=O) groups excluding carboxylic acids is 2. The molecule has 0 N–H and O–H groups in total. The zero-order chi connectivity index (χ0) is 15.9. The summed E-state index contributed by atoms with van der Waals surface area (Å²) in [5.74, 6) is -0.730. The molecule has 22 heavy (non-hydrogen) atoms. The Morgan fingerprint density at radius 3 is 2.73 bits per heavy atom. The number of hydrogen-bond donors (Lipinski definition) is 0. The fourth-order valence-corrected chi connectivity index (χ4v) is 2.60. The summed E-state index contributed by atoms with van der Waals surface area (Å²) in [5, 5.41) is 0. The SMILES string of the molecule is COC(=O)C1CCCCN1C(=O)CC=Cc1ccc(F)cc1. The molecule has 1 fully saturated rings. The predicted octanol–water partition coefficient (Wildman–Crippen LogP) is 2.78. The highest BCUT2D eigenvalue weighted by Gasteiger charge is 2.32. The Morgan fingerprint density at radius 1 is 1.32 bits per heavy atom. The van der Waals surface area contributed by atoms with Crippen LogP contribution in [0.3, 0.4) is 0 Å². The third-order valence-electron chi connectivity index (χ3n) is 3.77. The molecule has 0 bridgehead atoms. The van der Waals surface area contributed by atoms with Crippen LogP contribution in [-0.2, 0) is 14.3 Å². The van der Waals surface area contributed by atoms with E-state index < -0.39 is 6.04 Å². The van der Waals surface area contributed by atoms with E-state index in [1.54, 1.807) is 29.2 Å². The first-order valence-corrected chi connectivity index (χ1v) is 7.41. The van der Waals surface area contributed by atoms with Crippen molar-refractivity contribution in [2.24, 2.45) is 0 Å². The van der Waals surface area contributed by atoms with Crippen molar-refractivity contribution in [2.45, 2.75) is 31.7 Å². The van der Waals surface area contributed by atoms with Crippen molar-refractivity contribution in [3.05, 3.63) is 41.7 Å². The van der Waals surface area contributed by atoms with Gasteiger partial charge >= 0.3 is 5.97 Å². The van der Waals surface area contributed by atoms with Gasteiger partial charge in [-0.2, -0.15) is 0 Å². The molecule has 1 aliphatic heterocycles. The molecule has 1 unspecified atom stereocenters. The summed E-state index contributed by atoms with van der Waals surface area (Å²) < 4.78 is 17.6. The van der Waals surface area contributed by atoms with E-state index in [4.69, 9.17) is 4.74 Å². The Hall–Kier alpha value is -2.17. The second kappa shape index (κ2) is 7.73. The van der Waals surface area contributed by atoms with Gasteiger partial charge in [0, 0.05) is 13.0 Å². The number of rotatable bonds is 4. The molecule has 1 amide bonds. The highest BCUT2D eigenvalue weighted by Crippen LogP contribution is 2.19. The van der Waals surface area contributed by atoms with Gasteiger partial charge in [0.25, 0.3) is 0 Å². The summed E-state index contributed by atoms with van der Waals surface area (Å²) in [7, 11) is 1.34. The van der Waals surface area contributed by atoms with Crippen LogP contribution in [0.15, 0.2) is 30.3 Å². The summed E-state index contributed by atoms with van der Waals surface area (Å²) in [4.78, 5) is 25.6. The van der Waals surface area contributed by atoms with E-state index in [9.17, 15) is 14.0 Å². The molecule has 0 aliphatic carbocycles. The van der Waals surface area contributed by atoms with Gasteiger partial charge in [0.15, 0.2) is 0 Å². The predicted molar refractivity (Wildman–Crippen MR) is 81.4 cm³/mol. The molecular weight excluding hydrogens is 285 g/mol. The normalized spacial score (nSPS) is 18.5. The van der Waals surface area contributed by atoms with E-state index in [1.807, 2.05) is 0 Å². The minimum atomic E-state index is -0.467. The number of nitrogens with zero attached hydrogens (tertiary/aromatic N) is 1. The zero-order valence-electron chi connectivity index (χ0n) is 12.6. The lowest BCUT2D eigenvalue weighted by molar-refractivity contribution is -0.154. The van der Waals surface area contributed by atoms with E-state index in [0.717, 1.165) is 18.4 Å². The maximum absolute atomic E-state index is 12.8. The van der Waals surface area contributed by atoms with Gasteiger partial charge in [0.05, 0.1) is 7.11 Å². The van der Waals surface area contributed by atoms with E-state index in [0.29, 0.717) is 13.0 Å². The number of benzene rings is 1. The van der Waals surface area contributed by atoms with Crippen LogP contribution in [0.1, 0.15) is 31.2 Å². The van der Waals surface area contributed by atoms with Crippen LogP contribution in [-0.4, -0.2) is 36.5 Å². The second-order valence-corrected chi connectivity index (χ2v) is 5.28. The summed E-state index contributed by atoms with van der Waals surface area (Å²) in [6.45, 7) is 0.586. The van der Waals surface area contributed by atoms with Crippen molar-refractivity contribution >= 4 is 18.0 Å². The molecule has 1 aromatic carbocycles. The van der Waals surface area contributed by atoms with Gasteiger partial charge in [0.2, 0.25) is 5.91 Å². The number of esters is 1. The number of likely N-dealkylation sites (tertiary alicyclic amines) is 1. The Labute approximate surface area is 129 Å². The highest BCUT2D eigenvalue weighted by atomic mass is 19.1. The van der Waals surface area contributed by atoms with E-state index >= 15 is 0 Å². The Bertz CT molecular complexity index is 554. The molecule has 5 heteroatoms. The lowest BCUT2D eigenvalue weighted by Gasteiger charge is -2.33. The molecule has 0 radical (unpaired) electrons. The highest BCUT2D eigenvalue weighted by molar-refractivity contribution is 5.85. The molecule has 0 spiro atoms. The zero-order valence-corrected chi connectivity index (χ0v) is 12.6. The topological polar surface area (TPSA) is 46.6 Å². The van der Waals surface area contributed by atoms with E-state index in [2.05, 4.69) is 0 Å². The van der Waals surface area contributed by atoms with Gasteiger partial charge < -0.3 is 9.64 Å². The minimum Gasteiger partial charge on any atom is -0.467 e. The van der Waals surface area contributed by atoms with Gasteiger partial charge in [-0.25, -0.2) is 9.18 Å². The minimum absolute atomic E-state index is 0.0894. The molecule has 0 saturated carbocycles. The summed E-state index contributed by atoms with van der Waals surface area (Å²) in [5.41, 5.74) is 0.831. The summed E-state index contributed by atoms with van der Waals surface area (Å²) in [6, 6.07) is 5.58. The first-order valence-electron chi connectivity index (χ1n) is 7.41. The molecule has 2 rings (SSSR count). The number of hydrogen-bond acceptors (Lipinski definition) is 3. The number of methoxy groups -OCH3 is 1. The molecule has 1 aliphatic rings. The van der Waals surface area contributed by atoms with Gasteiger partial charge in [-0.15, -0.1) is 0 Å². The van der Waals surface area contributed by atoms with Crippen molar-refractivity contribution in [1.82, 2.24) is 4.90 Å². The van der Waals surface area contributed by atoms with Crippen LogP contribution in [0.4, 0.5) is 4.39 Å². The van der Waals surface area contributed by atoms with Crippen molar-refractivity contribution in [2.75, 3.05) is 13.7 Å². The third-order valence-corrected chi connectivity index (χ3v) is 3.77. The van der Waals surface area contributed by atoms with Gasteiger partial charge in [-0.05, 0) is 37.0 Å². The van der Waals surface area contributed by atoms with Crippen LogP contribution in [0, 0.1) is 5.82 Å². The maximum atomic E-state index is 12.8. The fraction of sp³-hybridized carbons (Fsp3) is 0.412. The Kier molecular flexibility index (Phi) is 5.69. The number of piperidine rings is 1. The Morgan fingerprint density at radius 2 is 2.05 bits per heavy atom. The average molecular weight is 305 g/mol. The maximum Gasteiger partial charge on any atom is 0.328 e. The molecule has 4 nitrogen and oxygen atoms in total. The smallest absolute Gasteiger partial charge is 0.328 e. The van der Waals surface area contributed by atoms with Crippen molar-refractivity contribution in [3.63, 3.8) is 0 Å². The third kappa shape index (κ3) is 4.16. The number of amides is 1. The molecule has 1 atom stereocenters. The summed E-state index contributed by atoms with van der Waals surface area (Å²) >= 11 is 0. The van der Waals surface area contributed by atoms with E-state index in [1.165, 1.54) is 19.2 Å².